The highest BCUT2D eigenvalue weighted by Gasteiger charge is 2.40. The second kappa shape index (κ2) is 38.7. The third kappa shape index (κ3) is 19.3. The van der Waals surface area contributed by atoms with Crippen molar-refractivity contribution in [2.24, 2.45) is 0 Å². The number of aliphatic hydroxyl groups is 3. The molecule has 7 heterocycles. The Bertz CT molecular complexity index is 6780. The SMILES string of the molecule is CN(C)CCC(O)(c1cc(F)cc(F)c1)c1cc(Br)cc2cc(-c3ccccc3)c(-n3ccnc3)nc12.CN(C)CCC(O)(c1cccc2ccccc12)c1cc(Br)cc2cc(Cc3ccccc3)c(-n3ccnc3)nc12.CN(C)CCC(O)(c1cccc2ccccc12)c1cc(Br)cc2cc(Cc3ccccc3)c(N3CCN(Cc4ccc5c(c4)OCO5)CC3)nc12. The lowest BCUT2D eigenvalue weighted by Gasteiger charge is -2.37. The Morgan fingerprint density at radius 3 is 1.32 bits per heavy atom. The van der Waals surface area contributed by atoms with Crippen LogP contribution in [0.1, 0.15) is 80.5 Å². The molecule has 0 saturated carbocycles. The Hall–Kier alpha value is -11.8. The normalized spacial score (nSPS) is 14.3. The van der Waals surface area contributed by atoms with Crippen molar-refractivity contribution in [3.63, 3.8) is 0 Å². The predicted octanol–water partition coefficient (Wildman–Crippen LogP) is 21.4. The van der Waals surface area contributed by atoms with Gasteiger partial charge in [0, 0.05) is 153 Å². The van der Waals surface area contributed by atoms with Gasteiger partial charge in [0.05, 0.1) is 16.6 Å². The van der Waals surface area contributed by atoms with Crippen LogP contribution in [-0.2, 0) is 36.2 Å². The topological polar surface area (TPSA) is 170 Å². The van der Waals surface area contributed by atoms with E-state index in [0.717, 1.165) is 171 Å². The molecular weight excluding hydrogens is 1800 g/mol. The van der Waals surface area contributed by atoms with Gasteiger partial charge in [0.2, 0.25) is 6.79 Å². The molecule has 128 heavy (non-hydrogen) atoms. The number of aromatic nitrogens is 7. The van der Waals surface area contributed by atoms with Crippen molar-refractivity contribution < 1.29 is 33.6 Å². The molecule has 1 saturated heterocycles. The molecule has 3 unspecified atom stereocenters. The van der Waals surface area contributed by atoms with Crippen molar-refractivity contribution in [1.29, 1.82) is 0 Å². The predicted molar refractivity (Wildman–Crippen MR) is 519 cm³/mol. The minimum Gasteiger partial charge on any atom is -0.454 e. The lowest BCUT2D eigenvalue weighted by atomic mass is 9.80. The molecular formula is C106H99Br3F2N12O5. The van der Waals surface area contributed by atoms with Crippen LogP contribution >= 0.6 is 47.8 Å². The molecule has 3 N–H and O–H groups in total. The Morgan fingerprint density at radius 2 is 0.820 bits per heavy atom. The first-order valence-corrected chi connectivity index (χ1v) is 45.3. The third-order valence-corrected chi connectivity index (χ3v) is 25.6. The summed E-state index contributed by atoms with van der Waals surface area (Å²) in [6.45, 7) is 6.55. The average Bonchev–Trinajstić information content (AvgIpc) is 0.972. The Balaban J connectivity index is 0.000000137. The van der Waals surface area contributed by atoms with Gasteiger partial charge in [0.25, 0.3) is 0 Å². The number of benzene rings is 12. The summed E-state index contributed by atoms with van der Waals surface area (Å²) in [7, 11) is 11.9. The Kier molecular flexibility index (Phi) is 26.7. The number of hydrogen-bond donors (Lipinski definition) is 3. The molecule has 0 bridgehead atoms. The zero-order valence-corrected chi connectivity index (χ0v) is 76.9. The van der Waals surface area contributed by atoms with Crippen LogP contribution in [0.25, 0.3) is 77.0 Å². The van der Waals surface area contributed by atoms with Gasteiger partial charge in [-0.1, -0.05) is 230 Å². The van der Waals surface area contributed by atoms with E-state index in [1.54, 1.807) is 37.3 Å². The molecule has 0 spiro atoms. The van der Waals surface area contributed by atoms with Gasteiger partial charge in [-0.2, -0.15) is 0 Å². The maximum Gasteiger partial charge on any atom is 0.231 e. The maximum atomic E-state index is 14.4. The number of piperazine rings is 1. The van der Waals surface area contributed by atoms with Crippen molar-refractivity contribution in [2.75, 3.05) is 99.8 Å². The second-order valence-corrected chi connectivity index (χ2v) is 36.7. The fraction of sp³-hybridized carbons (Fsp3) is 0.217. The van der Waals surface area contributed by atoms with E-state index in [9.17, 15) is 24.1 Å². The van der Waals surface area contributed by atoms with Gasteiger partial charge < -0.3 is 44.4 Å². The van der Waals surface area contributed by atoms with Crippen molar-refractivity contribution in [2.45, 2.75) is 55.5 Å². The van der Waals surface area contributed by atoms with Crippen LogP contribution in [-0.4, -0.2) is 164 Å². The van der Waals surface area contributed by atoms with Crippen molar-refractivity contribution in [1.82, 2.24) is 53.7 Å². The smallest absolute Gasteiger partial charge is 0.231 e. The number of pyridine rings is 3. The summed E-state index contributed by atoms with van der Waals surface area (Å²) in [6.07, 6.45) is 13.3. The van der Waals surface area contributed by atoms with Gasteiger partial charge in [-0.3, -0.25) is 14.0 Å². The van der Waals surface area contributed by atoms with Crippen LogP contribution in [0.5, 0.6) is 11.5 Å². The highest BCUT2D eigenvalue weighted by Crippen LogP contribution is 2.47. The van der Waals surface area contributed by atoms with E-state index < -0.39 is 28.4 Å². The van der Waals surface area contributed by atoms with Gasteiger partial charge in [-0.15, -0.1) is 0 Å². The molecule has 5 aromatic heterocycles. The largest absolute Gasteiger partial charge is 0.454 e. The molecule has 12 aromatic carbocycles. The minimum absolute atomic E-state index is 0.129. The van der Waals surface area contributed by atoms with Crippen molar-refractivity contribution >= 4 is 108 Å². The van der Waals surface area contributed by atoms with Gasteiger partial charge >= 0.3 is 0 Å². The molecule has 0 aliphatic carbocycles. The number of halogens is 5. The van der Waals surface area contributed by atoms with Crippen molar-refractivity contribution in [3.05, 3.63) is 391 Å². The zero-order valence-electron chi connectivity index (χ0n) is 72.2. The van der Waals surface area contributed by atoms with E-state index in [0.29, 0.717) is 53.8 Å². The highest BCUT2D eigenvalue weighted by atomic mass is 79.9. The number of ether oxygens (including phenoxy) is 2. The molecule has 3 atom stereocenters. The van der Waals surface area contributed by atoms with Gasteiger partial charge in [0.1, 0.15) is 58.5 Å². The van der Waals surface area contributed by atoms with E-state index in [-0.39, 0.29) is 18.8 Å². The summed E-state index contributed by atoms with van der Waals surface area (Å²) in [5.74, 6) is 2.56. The number of imidazole rings is 2. The van der Waals surface area contributed by atoms with Crippen LogP contribution in [0, 0.1) is 11.6 Å². The third-order valence-electron chi connectivity index (χ3n) is 24.2. The fourth-order valence-electron chi connectivity index (χ4n) is 17.7. The van der Waals surface area contributed by atoms with Crippen LogP contribution in [0.3, 0.4) is 0 Å². The van der Waals surface area contributed by atoms with Crippen LogP contribution in [0.4, 0.5) is 14.6 Å². The fourth-order valence-corrected chi connectivity index (χ4v) is 19.2. The lowest BCUT2D eigenvalue weighted by molar-refractivity contribution is 0.0634. The molecule has 1 fully saturated rings. The molecule has 17 aromatic rings. The van der Waals surface area contributed by atoms with E-state index in [4.69, 9.17) is 24.4 Å². The molecule has 0 radical (unpaired) electrons. The molecule has 0 amide bonds. The van der Waals surface area contributed by atoms with Gasteiger partial charge in [-0.25, -0.2) is 33.7 Å². The number of nitrogens with zero attached hydrogens (tertiary/aromatic N) is 12. The first-order chi connectivity index (χ1) is 62.0. The highest BCUT2D eigenvalue weighted by molar-refractivity contribution is 9.11. The second-order valence-electron chi connectivity index (χ2n) is 33.9. The summed E-state index contributed by atoms with van der Waals surface area (Å²) in [5.41, 5.74) is 9.59. The molecule has 22 heteroatoms. The monoisotopic (exact) mass is 1890 g/mol. The average molecular weight is 1900 g/mol. The Labute approximate surface area is 769 Å². The summed E-state index contributed by atoms with van der Waals surface area (Å²) in [6, 6.07) is 87.9. The van der Waals surface area contributed by atoms with E-state index in [1.807, 2.05) is 133 Å². The molecule has 19 rings (SSSR count). The number of fused-ring (bicyclic) bond motifs is 6. The maximum absolute atomic E-state index is 14.4. The summed E-state index contributed by atoms with van der Waals surface area (Å²) >= 11 is 11.2. The standard InChI is InChI=1S/C43H43BrN4O3.C34H31BrN4O.C29H25BrF2N4O/c1-46(2)18-17-43(49,37-14-8-12-32-11-6-7-13-36(32)37)38-27-35(44)26-33-25-34(23-30-9-4-3-5-10-30)42(45-41(33)38)48-21-19-47(20-22-48)28-31-15-16-39-40(24-31)51-29-50-39;1-38(2)17-15-34(40,30-14-8-12-25-11-6-7-13-29(25)30)31-22-28(35)21-26-20-27(19-24-9-4-3-5-10-24)33(37-32(26)31)39-18-16-36-23-39;1-35(2)10-8-29(37,21-14-23(31)17-24(32)15-21)26-16-22(30)12-20-13-25(19-6-4-3-5-7-19)28(34-27(20)26)36-11-9-33-18-36/h3-16,24-27,49H,17-23,28-29H2,1-2H3;3-14,16,18,20-23,40H,15,17,19H2,1-2H3;3-7,9,11-18,37H,8,10H2,1-2H3. The number of hydrogen-bond acceptors (Lipinski definition) is 15. The summed E-state index contributed by atoms with van der Waals surface area (Å²) in [4.78, 5) is 35.5. The quantitative estimate of drug-likeness (QED) is 0.0494. The molecule has 17 nitrogen and oxygen atoms in total. The number of rotatable bonds is 25. The van der Waals surface area contributed by atoms with E-state index in [2.05, 4.69) is 249 Å². The first-order valence-electron chi connectivity index (χ1n) is 42.9. The summed E-state index contributed by atoms with van der Waals surface area (Å²) < 4.78 is 46.2. The van der Waals surface area contributed by atoms with Crippen LogP contribution < -0.4 is 14.4 Å². The van der Waals surface area contributed by atoms with Crippen LogP contribution in [0.15, 0.2) is 318 Å². The zero-order chi connectivity index (χ0) is 88.8. The van der Waals surface area contributed by atoms with E-state index in [1.165, 1.54) is 34.4 Å². The first kappa shape index (κ1) is 88.3. The van der Waals surface area contributed by atoms with Crippen molar-refractivity contribution in [3.8, 4) is 34.3 Å². The molecule has 648 valence electrons. The Morgan fingerprint density at radius 1 is 0.391 bits per heavy atom. The van der Waals surface area contributed by atoms with Gasteiger partial charge in [0.15, 0.2) is 11.5 Å². The molecule has 2 aliphatic rings. The van der Waals surface area contributed by atoms with Crippen LogP contribution in [0.2, 0.25) is 0 Å². The minimum atomic E-state index is -1.72. The van der Waals surface area contributed by atoms with E-state index >= 15 is 0 Å². The molecule has 2 aliphatic heterocycles. The summed E-state index contributed by atoms with van der Waals surface area (Å²) in [5, 5.41) is 45.3. The lowest BCUT2D eigenvalue weighted by Crippen LogP contribution is -2.46. The number of anilines is 1. The van der Waals surface area contributed by atoms with Gasteiger partial charge in [-0.05, 0) is 206 Å².